The van der Waals surface area contributed by atoms with Gasteiger partial charge in [-0.1, -0.05) is 13.0 Å². The number of hydrogen-bond donors (Lipinski definition) is 1. The van der Waals surface area contributed by atoms with Gasteiger partial charge in [0.2, 0.25) is 0 Å². The largest absolute Gasteiger partial charge is 0.264 e. The second kappa shape index (κ2) is 4.72. The standard InChI is InChI=1S/C10H11N3S2/c1-2-15-10-9(7-13(14)12-10)8-4-3-5-11-6-8/h3-7,14H,2H2,1H3. The van der Waals surface area contributed by atoms with Crippen LogP contribution in [0.1, 0.15) is 6.92 Å². The van der Waals surface area contributed by atoms with Gasteiger partial charge in [0.05, 0.1) is 0 Å². The molecule has 5 heteroatoms. The van der Waals surface area contributed by atoms with Crippen molar-refractivity contribution in [3.63, 3.8) is 0 Å². The summed E-state index contributed by atoms with van der Waals surface area (Å²) in [6.45, 7) is 2.11. The van der Waals surface area contributed by atoms with Crippen molar-refractivity contribution in [2.75, 3.05) is 5.75 Å². The molecule has 0 aliphatic rings. The predicted molar refractivity (Wildman–Crippen MR) is 66.2 cm³/mol. The Bertz CT molecular complexity index is 439. The van der Waals surface area contributed by atoms with Gasteiger partial charge in [0.1, 0.15) is 5.03 Å². The van der Waals surface area contributed by atoms with E-state index in [2.05, 4.69) is 29.8 Å². The fraction of sp³-hybridized carbons (Fsp3) is 0.200. The Morgan fingerprint density at radius 2 is 2.40 bits per heavy atom. The van der Waals surface area contributed by atoms with Crippen LogP contribution in [-0.2, 0) is 0 Å². The number of aromatic nitrogens is 3. The van der Waals surface area contributed by atoms with Crippen LogP contribution in [-0.4, -0.2) is 19.9 Å². The van der Waals surface area contributed by atoms with Gasteiger partial charge in [-0.3, -0.25) is 4.98 Å². The fourth-order valence-corrected chi connectivity index (χ4v) is 2.32. The molecular formula is C10H11N3S2. The molecule has 0 N–H and O–H groups in total. The first-order valence-corrected chi connectivity index (χ1v) is 6.02. The summed E-state index contributed by atoms with van der Waals surface area (Å²) in [4.78, 5) is 4.10. The summed E-state index contributed by atoms with van der Waals surface area (Å²) in [5.74, 6) is 0.998. The lowest BCUT2D eigenvalue weighted by atomic mass is 10.2. The van der Waals surface area contributed by atoms with E-state index in [0.29, 0.717) is 0 Å². The Hall–Kier alpha value is -0.940. The lowest BCUT2D eigenvalue weighted by Crippen LogP contribution is -1.81. The second-order valence-corrected chi connectivity index (χ2v) is 4.61. The molecule has 0 aromatic carbocycles. The van der Waals surface area contributed by atoms with Crippen LogP contribution < -0.4 is 0 Å². The maximum absolute atomic E-state index is 4.29. The first-order valence-electron chi connectivity index (χ1n) is 4.63. The molecule has 2 aromatic rings. The first-order chi connectivity index (χ1) is 7.31. The smallest absolute Gasteiger partial charge is 0.127 e. The topological polar surface area (TPSA) is 30.7 Å². The van der Waals surface area contributed by atoms with E-state index in [1.165, 1.54) is 0 Å². The molecule has 0 unspecified atom stereocenters. The van der Waals surface area contributed by atoms with E-state index < -0.39 is 0 Å². The van der Waals surface area contributed by atoms with Crippen LogP contribution in [0.3, 0.4) is 0 Å². The van der Waals surface area contributed by atoms with Gasteiger partial charge < -0.3 is 0 Å². The van der Waals surface area contributed by atoms with E-state index in [0.717, 1.165) is 21.9 Å². The highest BCUT2D eigenvalue weighted by molar-refractivity contribution is 7.99. The molecule has 0 radical (unpaired) electrons. The summed E-state index contributed by atoms with van der Waals surface area (Å²) in [5.41, 5.74) is 2.17. The Labute approximate surface area is 98.5 Å². The molecule has 0 aliphatic heterocycles. The van der Waals surface area contributed by atoms with Crippen molar-refractivity contribution in [1.82, 2.24) is 14.2 Å². The quantitative estimate of drug-likeness (QED) is 0.658. The number of nitrogens with zero attached hydrogens (tertiary/aromatic N) is 3. The molecule has 0 amide bonds. The van der Waals surface area contributed by atoms with Crippen LogP contribution in [0, 0.1) is 0 Å². The van der Waals surface area contributed by atoms with Crippen LogP contribution >= 0.6 is 24.6 Å². The molecule has 0 aliphatic carbocycles. The van der Waals surface area contributed by atoms with Crippen molar-refractivity contribution in [1.29, 1.82) is 0 Å². The molecule has 0 bridgehead atoms. The average molecular weight is 237 g/mol. The van der Waals surface area contributed by atoms with Gasteiger partial charge in [0, 0.05) is 29.7 Å². The monoisotopic (exact) mass is 237 g/mol. The van der Waals surface area contributed by atoms with E-state index in [-0.39, 0.29) is 0 Å². The maximum Gasteiger partial charge on any atom is 0.127 e. The summed E-state index contributed by atoms with van der Waals surface area (Å²) >= 11 is 5.90. The Morgan fingerprint density at radius 3 is 3.07 bits per heavy atom. The molecule has 0 saturated carbocycles. The number of thioether (sulfide) groups is 1. The second-order valence-electron chi connectivity index (χ2n) is 2.94. The van der Waals surface area contributed by atoms with Gasteiger partial charge in [0.15, 0.2) is 0 Å². The highest BCUT2D eigenvalue weighted by Gasteiger charge is 2.09. The third-order valence-electron chi connectivity index (χ3n) is 1.92. The van der Waals surface area contributed by atoms with Crippen LogP contribution in [0.15, 0.2) is 35.7 Å². The lowest BCUT2D eigenvalue weighted by Gasteiger charge is -1.98. The van der Waals surface area contributed by atoms with Gasteiger partial charge in [0.25, 0.3) is 0 Å². The molecule has 0 saturated heterocycles. The first kappa shape index (κ1) is 10.6. The number of rotatable bonds is 3. The minimum Gasteiger partial charge on any atom is -0.264 e. The molecule has 0 spiro atoms. The summed E-state index contributed by atoms with van der Waals surface area (Å²) in [6.07, 6.45) is 5.50. The zero-order chi connectivity index (χ0) is 10.7. The van der Waals surface area contributed by atoms with Gasteiger partial charge in [-0.25, -0.2) is 4.09 Å². The average Bonchev–Trinajstić information content (AvgIpc) is 2.62. The minimum atomic E-state index is 0.998. The molecule has 0 fully saturated rings. The molecule has 2 rings (SSSR count). The van der Waals surface area contributed by atoms with Crippen LogP contribution in [0.25, 0.3) is 11.1 Å². The zero-order valence-corrected chi connectivity index (χ0v) is 10.0. The summed E-state index contributed by atoms with van der Waals surface area (Å²) in [7, 11) is 0. The number of pyridine rings is 1. The van der Waals surface area contributed by atoms with Crippen molar-refractivity contribution >= 4 is 24.6 Å². The molecule has 2 aromatic heterocycles. The molecule has 3 nitrogen and oxygen atoms in total. The molecule has 0 atom stereocenters. The zero-order valence-electron chi connectivity index (χ0n) is 8.29. The van der Waals surface area contributed by atoms with E-state index in [1.54, 1.807) is 22.0 Å². The molecular weight excluding hydrogens is 226 g/mol. The molecule has 2 heterocycles. The van der Waals surface area contributed by atoms with Crippen molar-refractivity contribution < 1.29 is 0 Å². The third-order valence-corrected chi connectivity index (χ3v) is 2.99. The Kier molecular flexibility index (Phi) is 3.33. The van der Waals surface area contributed by atoms with E-state index in [1.807, 2.05) is 24.5 Å². The predicted octanol–water partition coefficient (Wildman–Crippen LogP) is 2.75. The van der Waals surface area contributed by atoms with Gasteiger partial charge >= 0.3 is 0 Å². The van der Waals surface area contributed by atoms with Gasteiger partial charge in [-0.2, -0.15) is 5.10 Å². The van der Waals surface area contributed by atoms with Gasteiger partial charge in [-0.15, -0.1) is 11.8 Å². The maximum atomic E-state index is 4.29. The van der Waals surface area contributed by atoms with E-state index in [4.69, 9.17) is 0 Å². The third kappa shape index (κ3) is 2.35. The Morgan fingerprint density at radius 1 is 1.53 bits per heavy atom. The van der Waals surface area contributed by atoms with E-state index >= 15 is 0 Å². The van der Waals surface area contributed by atoms with Crippen molar-refractivity contribution in [2.24, 2.45) is 0 Å². The van der Waals surface area contributed by atoms with Crippen molar-refractivity contribution in [2.45, 2.75) is 11.9 Å². The highest BCUT2D eigenvalue weighted by Crippen LogP contribution is 2.29. The number of hydrogen-bond acceptors (Lipinski definition) is 4. The van der Waals surface area contributed by atoms with Gasteiger partial charge in [-0.05, 0) is 24.6 Å². The fourth-order valence-electron chi connectivity index (χ4n) is 1.31. The summed E-state index contributed by atoms with van der Waals surface area (Å²) in [5, 5.41) is 5.29. The van der Waals surface area contributed by atoms with Crippen molar-refractivity contribution in [3.05, 3.63) is 30.7 Å². The minimum absolute atomic E-state index is 0.998. The number of thiol groups is 1. The normalized spacial score (nSPS) is 10.5. The Balaban J connectivity index is 2.43. The summed E-state index contributed by atoms with van der Waals surface area (Å²) < 4.78 is 1.54. The van der Waals surface area contributed by atoms with Crippen LogP contribution in [0.5, 0.6) is 0 Å². The summed E-state index contributed by atoms with van der Waals surface area (Å²) in [6, 6.07) is 3.95. The molecule has 15 heavy (non-hydrogen) atoms. The SMILES string of the molecule is CCSc1nn(S)cc1-c1cccnc1. The van der Waals surface area contributed by atoms with Crippen molar-refractivity contribution in [3.8, 4) is 11.1 Å². The van der Waals surface area contributed by atoms with Crippen LogP contribution in [0.4, 0.5) is 0 Å². The van der Waals surface area contributed by atoms with Crippen LogP contribution in [0.2, 0.25) is 0 Å². The molecule has 78 valence electrons. The lowest BCUT2D eigenvalue weighted by molar-refractivity contribution is 0.950. The van der Waals surface area contributed by atoms with E-state index in [9.17, 15) is 0 Å². The highest BCUT2D eigenvalue weighted by atomic mass is 32.2.